The SMILES string of the molecule is Cc1cc(N2CC3(CN(Cc4ccccn4)C3)C2)ccc1/C(C=NCC1CCCCO1)=N/N. The quantitative estimate of drug-likeness (QED) is 0.402. The van der Waals surface area contributed by atoms with Crippen LogP contribution in [-0.2, 0) is 11.3 Å². The van der Waals surface area contributed by atoms with E-state index < -0.39 is 0 Å². The topological polar surface area (TPSA) is 79.3 Å². The molecule has 3 aliphatic rings. The molecule has 0 radical (unpaired) electrons. The Morgan fingerprint density at radius 1 is 1.21 bits per heavy atom. The number of anilines is 1. The fraction of sp³-hybridized carbons (Fsp3) is 0.500. The highest BCUT2D eigenvalue weighted by Crippen LogP contribution is 2.42. The van der Waals surface area contributed by atoms with E-state index in [2.05, 4.69) is 62.1 Å². The highest BCUT2D eigenvalue weighted by molar-refractivity contribution is 6.38. The molecule has 2 aromatic rings. The Morgan fingerprint density at radius 3 is 2.79 bits per heavy atom. The van der Waals surface area contributed by atoms with Gasteiger partial charge in [0.05, 0.1) is 18.3 Å². The van der Waals surface area contributed by atoms with E-state index in [9.17, 15) is 0 Å². The van der Waals surface area contributed by atoms with Crippen LogP contribution in [-0.4, -0.2) is 67.2 Å². The van der Waals surface area contributed by atoms with Crippen LogP contribution in [0.15, 0.2) is 52.7 Å². The summed E-state index contributed by atoms with van der Waals surface area (Å²) in [4.78, 5) is 14.0. The summed E-state index contributed by atoms with van der Waals surface area (Å²) in [5.74, 6) is 5.70. The van der Waals surface area contributed by atoms with E-state index >= 15 is 0 Å². The molecule has 1 atom stereocenters. The molecule has 3 aliphatic heterocycles. The molecule has 174 valence electrons. The molecule has 1 aromatic heterocycles. The van der Waals surface area contributed by atoms with Gasteiger partial charge < -0.3 is 15.5 Å². The van der Waals surface area contributed by atoms with Crippen LogP contribution in [0.2, 0.25) is 0 Å². The van der Waals surface area contributed by atoms with Gasteiger partial charge in [0.25, 0.3) is 0 Å². The van der Waals surface area contributed by atoms with Crippen LogP contribution in [0.4, 0.5) is 5.69 Å². The number of likely N-dealkylation sites (tertiary alicyclic amines) is 1. The molecule has 7 nitrogen and oxygen atoms in total. The Hall–Kier alpha value is -2.77. The van der Waals surface area contributed by atoms with Gasteiger partial charge in [-0.1, -0.05) is 12.1 Å². The lowest BCUT2D eigenvalue weighted by Crippen LogP contribution is -2.72. The number of aryl methyl sites for hydroxylation is 1. The monoisotopic (exact) mass is 446 g/mol. The first-order chi connectivity index (χ1) is 16.1. The Morgan fingerprint density at radius 2 is 2.09 bits per heavy atom. The molecule has 0 amide bonds. The van der Waals surface area contributed by atoms with Gasteiger partial charge in [-0.2, -0.15) is 5.10 Å². The maximum atomic E-state index is 5.75. The van der Waals surface area contributed by atoms with Crippen molar-refractivity contribution < 1.29 is 4.74 Å². The second-order valence-corrected chi connectivity index (χ2v) is 9.82. The van der Waals surface area contributed by atoms with E-state index in [1.165, 1.54) is 17.7 Å². The number of rotatable bonds is 7. The van der Waals surface area contributed by atoms with Gasteiger partial charge in [-0.05, 0) is 56.0 Å². The lowest BCUT2D eigenvalue weighted by Gasteiger charge is -2.61. The van der Waals surface area contributed by atoms with E-state index in [-0.39, 0.29) is 6.10 Å². The maximum absolute atomic E-state index is 5.75. The van der Waals surface area contributed by atoms with E-state index in [4.69, 9.17) is 10.6 Å². The van der Waals surface area contributed by atoms with Crippen LogP contribution in [0.25, 0.3) is 0 Å². The van der Waals surface area contributed by atoms with Crippen molar-refractivity contribution in [1.82, 2.24) is 9.88 Å². The van der Waals surface area contributed by atoms with Crippen LogP contribution < -0.4 is 10.7 Å². The van der Waals surface area contributed by atoms with Gasteiger partial charge in [0.1, 0.15) is 5.71 Å². The molecule has 4 heterocycles. The lowest BCUT2D eigenvalue weighted by molar-refractivity contribution is -0.0280. The number of nitrogens with zero attached hydrogens (tertiary/aromatic N) is 5. The number of benzene rings is 1. The largest absolute Gasteiger partial charge is 0.376 e. The molecular formula is C26H34N6O. The van der Waals surface area contributed by atoms with E-state index in [0.717, 1.165) is 69.1 Å². The van der Waals surface area contributed by atoms with Gasteiger partial charge in [0.2, 0.25) is 0 Å². The number of aromatic nitrogens is 1. The minimum atomic E-state index is 0.225. The molecule has 0 aliphatic carbocycles. The summed E-state index contributed by atoms with van der Waals surface area (Å²) in [5.41, 5.74) is 5.80. The van der Waals surface area contributed by atoms with Gasteiger partial charge in [0.15, 0.2) is 0 Å². The molecule has 1 unspecified atom stereocenters. The summed E-state index contributed by atoms with van der Waals surface area (Å²) in [5, 5.41) is 4.00. The third kappa shape index (κ3) is 4.94. The van der Waals surface area contributed by atoms with Crippen LogP contribution in [0.5, 0.6) is 0 Å². The minimum absolute atomic E-state index is 0.225. The van der Waals surface area contributed by atoms with Crippen molar-refractivity contribution in [3.63, 3.8) is 0 Å². The first kappa shape index (κ1) is 22.0. The summed E-state index contributed by atoms with van der Waals surface area (Å²) in [6.45, 7) is 9.13. The third-order valence-corrected chi connectivity index (χ3v) is 7.07. The third-order valence-electron chi connectivity index (χ3n) is 7.07. The number of hydrogen-bond donors (Lipinski definition) is 1. The molecule has 3 saturated heterocycles. The maximum Gasteiger partial charge on any atom is 0.108 e. The Labute approximate surface area is 196 Å². The van der Waals surface area contributed by atoms with Gasteiger partial charge in [-0.25, -0.2) is 0 Å². The average molecular weight is 447 g/mol. The highest BCUT2D eigenvalue weighted by Gasteiger charge is 2.51. The molecule has 2 N–H and O–H groups in total. The summed E-state index contributed by atoms with van der Waals surface area (Å²) >= 11 is 0. The van der Waals surface area contributed by atoms with Crippen molar-refractivity contribution in [2.45, 2.75) is 38.8 Å². The second kappa shape index (κ2) is 9.61. The predicted molar refractivity (Wildman–Crippen MR) is 133 cm³/mol. The van der Waals surface area contributed by atoms with E-state index in [1.807, 2.05) is 12.3 Å². The molecule has 3 fully saturated rings. The predicted octanol–water partition coefficient (Wildman–Crippen LogP) is 3.01. The standard InChI is InChI=1S/C26H34N6O/c1-20-12-22(8-9-24(20)25(30-27)14-28-13-23-7-3-5-11-33-23)32-18-26(19-32)16-31(17-26)15-21-6-2-4-10-29-21/h2,4,6,8-10,12,14,23H,3,5,7,11,13,15-19,27H2,1H3/b28-14?,30-25+. The van der Waals surface area contributed by atoms with Crippen LogP contribution in [0, 0.1) is 12.3 Å². The number of ether oxygens (including phenoxy) is 1. The van der Waals surface area contributed by atoms with Crippen LogP contribution >= 0.6 is 0 Å². The van der Waals surface area contributed by atoms with Crippen molar-refractivity contribution in [1.29, 1.82) is 0 Å². The van der Waals surface area contributed by atoms with Crippen molar-refractivity contribution in [3.05, 3.63) is 59.4 Å². The smallest absolute Gasteiger partial charge is 0.108 e. The van der Waals surface area contributed by atoms with Gasteiger partial charge >= 0.3 is 0 Å². The Balaban J connectivity index is 1.14. The fourth-order valence-corrected chi connectivity index (χ4v) is 5.39. The molecule has 5 rings (SSSR count). The molecule has 7 heteroatoms. The highest BCUT2D eigenvalue weighted by atomic mass is 16.5. The summed E-state index contributed by atoms with van der Waals surface area (Å²) in [7, 11) is 0. The second-order valence-electron chi connectivity index (χ2n) is 9.82. The minimum Gasteiger partial charge on any atom is -0.376 e. The molecule has 1 aromatic carbocycles. The van der Waals surface area contributed by atoms with Crippen molar-refractivity contribution >= 4 is 17.6 Å². The van der Waals surface area contributed by atoms with Gasteiger partial charge in [-0.3, -0.25) is 14.9 Å². The number of hydrazone groups is 1. The zero-order valence-electron chi connectivity index (χ0n) is 19.5. The van der Waals surface area contributed by atoms with E-state index in [0.29, 0.717) is 12.0 Å². The normalized spacial score (nSPS) is 23.0. The first-order valence-electron chi connectivity index (χ1n) is 12.0. The zero-order chi connectivity index (χ0) is 22.7. The van der Waals surface area contributed by atoms with Crippen molar-refractivity contribution in [2.24, 2.45) is 21.4 Å². The number of pyridine rings is 1. The van der Waals surface area contributed by atoms with Crippen molar-refractivity contribution in [2.75, 3.05) is 44.2 Å². The Kier molecular flexibility index (Phi) is 6.42. The van der Waals surface area contributed by atoms with Crippen LogP contribution in [0.3, 0.4) is 0 Å². The zero-order valence-corrected chi connectivity index (χ0v) is 19.5. The molecule has 0 saturated carbocycles. The molecule has 0 bridgehead atoms. The first-order valence-corrected chi connectivity index (χ1v) is 12.0. The molecule has 33 heavy (non-hydrogen) atoms. The summed E-state index contributed by atoms with van der Waals surface area (Å²) in [6, 6.07) is 12.7. The molecular weight excluding hydrogens is 412 g/mol. The van der Waals surface area contributed by atoms with Crippen LogP contribution in [0.1, 0.15) is 36.1 Å². The average Bonchev–Trinajstić information content (AvgIpc) is 2.79. The number of aliphatic imine (C=N–C) groups is 1. The number of nitrogens with two attached hydrogens (primary N) is 1. The van der Waals surface area contributed by atoms with E-state index in [1.54, 1.807) is 6.21 Å². The number of hydrogen-bond acceptors (Lipinski definition) is 7. The molecule has 1 spiro atoms. The van der Waals surface area contributed by atoms with Crippen molar-refractivity contribution in [3.8, 4) is 0 Å². The van der Waals surface area contributed by atoms with Gasteiger partial charge in [-0.15, -0.1) is 0 Å². The summed E-state index contributed by atoms with van der Waals surface area (Å²) < 4.78 is 5.75. The lowest BCUT2D eigenvalue weighted by atomic mass is 9.72. The Bertz CT molecular complexity index is 1000. The van der Waals surface area contributed by atoms with Gasteiger partial charge in [0, 0.05) is 68.4 Å². The fourth-order valence-electron chi connectivity index (χ4n) is 5.39. The summed E-state index contributed by atoms with van der Waals surface area (Å²) in [6.07, 6.45) is 7.35.